The number of benzene rings is 1. The van der Waals surface area contributed by atoms with Crippen molar-refractivity contribution in [3.63, 3.8) is 0 Å². The van der Waals surface area contributed by atoms with Crippen LogP contribution in [0.3, 0.4) is 0 Å². The van der Waals surface area contributed by atoms with Gasteiger partial charge >= 0.3 is 5.88 Å². The van der Waals surface area contributed by atoms with Gasteiger partial charge in [0.05, 0.1) is 18.5 Å². The second-order valence-electron chi connectivity index (χ2n) is 3.48. The third kappa shape index (κ3) is 3.25. The molecule has 1 aromatic carbocycles. The zero-order chi connectivity index (χ0) is 13.7. The number of phenolic OH excluding ortho intramolecular Hbond substituents is 1. The quantitative estimate of drug-likeness (QED) is 0.517. The lowest BCUT2D eigenvalue weighted by Crippen LogP contribution is -1.83. The summed E-state index contributed by atoms with van der Waals surface area (Å²) in [5.74, 6) is -0.0395. The lowest BCUT2D eigenvalue weighted by atomic mass is 10.2. The summed E-state index contributed by atoms with van der Waals surface area (Å²) in [4.78, 5) is 9.74. The Bertz CT molecular complexity index is 646. The van der Waals surface area contributed by atoms with E-state index in [2.05, 4.69) is 10.2 Å². The summed E-state index contributed by atoms with van der Waals surface area (Å²) in [6.45, 7) is 0. The maximum atomic E-state index is 10.4. The Morgan fingerprint density at radius 1 is 1.16 bits per heavy atom. The number of hydrogen-bond acceptors (Lipinski definition) is 6. The highest BCUT2D eigenvalue weighted by Crippen LogP contribution is 2.14. The molecule has 0 amide bonds. The van der Waals surface area contributed by atoms with Gasteiger partial charge in [-0.15, -0.1) is 0 Å². The average molecular weight is 259 g/mol. The molecule has 0 fully saturated rings. The molecular formula is C12H9N3O4. The average Bonchev–Trinajstić information content (AvgIpc) is 2.85. The van der Waals surface area contributed by atoms with E-state index in [4.69, 9.17) is 4.42 Å². The lowest BCUT2D eigenvalue weighted by molar-refractivity contribution is -0.402. The van der Waals surface area contributed by atoms with E-state index in [-0.39, 0.29) is 17.4 Å². The predicted octanol–water partition coefficient (Wildman–Crippen LogP) is 2.35. The van der Waals surface area contributed by atoms with Crippen molar-refractivity contribution in [3.8, 4) is 5.75 Å². The van der Waals surface area contributed by atoms with Gasteiger partial charge < -0.3 is 9.52 Å². The highest BCUT2D eigenvalue weighted by atomic mass is 16.6. The monoisotopic (exact) mass is 259 g/mol. The van der Waals surface area contributed by atoms with E-state index >= 15 is 0 Å². The van der Waals surface area contributed by atoms with Crippen molar-refractivity contribution in [1.82, 2.24) is 0 Å². The zero-order valence-electron chi connectivity index (χ0n) is 9.63. The fourth-order valence-electron chi connectivity index (χ4n) is 1.29. The molecule has 0 aliphatic carbocycles. The highest BCUT2D eigenvalue weighted by molar-refractivity contribution is 5.84. The second kappa shape index (κ2) is 5.58. The standard InChI is InChI=1S/C12H9N3O4/c16-11-4-2-1-3-9(11)7-13-14-8-10-5-6-12(19-10)15(17)18/h1-8,16H/b13-7+,14-8-. The molecule has 0 saturated carbocycles. The first kappa shape index (κ1) is 12.5. The number of nitro groups is 1. The van der Waals surface area contributed by atoms with Gasteiger partial charge in [0.1, 0.15) is 10.7 Å². The maximum Gasteiger partial charge on any atom is 0.433 e. The van der Waals surface area contributed by atoms with Crippen molar-refractivity contribution in [2.45, 2.75) is 0 Å². The van der Waals surface area contributed by atoms with E-state index in [0.717, 1.165) is 0 Å². The van der Waals surface area contributed by atoms with E-state index in [1.807, 2.05) is 0 Å². The predicted molar refractivity (Wildman–Crippen MR) is 68.7 cm³/mol. The van der Waals surface area contributed by atoms with E-state index in [1.54, 1.807) is 18.2 Å². The van der Waals surface area contributed by atoms with Crippen molar-refractivity contribution in [3.05, 3.63) is 57.8 Å². The fraction of sp³-hybridized carbons (Fsp3) is 0. The van der Waals surface area contributed by atoms with Crippen LogP contribution in [0.2, 0.25) is 0 Å². The number of furan rings is 1. The minimum Gasteiger partial charge on any atom is -0.507 e. The van der Waals surface area contributed by atoms with Gasteiger partial charge in [-0.05, 0) is 18.2 Å². The second-order valence-corrected chi connectivity index (χ2v) is 3.48. The first-order valence-corrected chi connectivity index (χ1v) is 5.25. The van der Waals surface area contributed by atoms with Gasteiger partial charge in [-0.2, -0.15) is 10.2 Å². The smallest absolute Gasteiger partial charge is 0.433 e. The number of aromatic hydroxyl groups is 1. The molecular weight excluding hydrogens is 250 g/mol. The molecule has 0 atom stereocenters. The number of hydrogen-bond donors (Lipinski definition) is 1. The maximum absolute atomic E-state index is 10.4. The first-order valence-electron chi connectivity index (χ1n) is 5.25. The summed E-state index contributed by atoms with van der Waals surface area (Å²) in [5, 5.41) is 27.2. The molecule has 2 aromatic rings. The summed E-state index contributed by atoms with van der Waals surface area (Å²) < 4.78 is 4.85. The van der Waals surface area contributed by atoms with Gasteiger partial charge in [0, 0.05) is 5.56 Å². The molecule has 1 N–H and O–H groups in total. The Morgan fingerprint density at radius 3 is 2.58 bits per heavy atom. The molecule has 0 saturated heterocycles. The zero-order valence-corrected chi connectivity index (χ0v) is 9.63. The molecule has 0 unspecified atom stereocenters. The summed E-state index contributed by atoms with van der Waals surface area (Å²) in [5.41, 5.74) is 0.519. The highest BCUT2D eigenvalue weighted by Gasteiger charge is 2.09. The summed E-state index contributed by atoms with van der Waals surface area (Å²) in [6.07, 6.45) is 2.60. The fourth-order valence-corrected chi connectivity index (χ4v) is 1.29. The Labute approximate surface area is 107 Å². The van der Waals surface area contributed by atoms with Crippen LogP contribution in [-0.2, 0) is 0 Å². The Balaban J connectivity index is 2.03. The van der Waals surface area contributed by atoms with Crippen molar-refractivity contribution in [2.24, 2.45) is 10.2 Å². The number of para-hydroxylation sites is 1. The van der Waals surface area contributed by atoms with Crippen LogP contribution in [0.25, 0.3) is 0 Å². The SMILES string of the molecule is O=[N+]([O-])c1ccc(/C=N\N=C\c2ccccc2O)o1. The van der Waals surface area contributed by atoms with Gasteiger partial charge in [0.15, 0.2) is 5.76 Å². The molecule has 7 heteroatoms. The topological polar surface area (TPSA) is 101 Å². The molecule has 0 bridgehead atoms. The van der Waals surface area contributed by atoms with Crippen LogP contribution >= 0.6 is 0 Å². The normalized spacial score (nSPS) is 11.4. The van der Waals surface area contributed by atoms with E-state index in [1.165, 1.54) is 30.6 Å². The first-order chi connectivity index (χ1) is 9.16. The summed E-state index contributed by atoms with van der Waals surface area (Å²) in [6, 6.07) is 9.29. The van der Waals surface area contributed by atoms with Gasteiger partial charge in [-0.25, -0.2) is 0 Å². The number of nitrogens with zero attached hydrogens (tertiary/aromatic N) is 3. The van der Waals surface area contributed by atoms with Crippen LogP contribution in [-0.4, -0.2) is 22.5 Å². The molecule has 0 aliphatic rings. The van der Waals surface area contributed by atoms with E-state index in [9.17, 15) is 15.2 Å². The molecule has 0 aliphatic heterocycles. The van der Waals surface area contributed by atoms with Crippen LogP contribution in [0.1, 0.15) is 11.3 Å². The molecule has 0 spiro atoms. The lowest BCUT2D eigenvalue weighted by Gasteiger charge is -1.94. The number of rotatable bonds is 4. The van der Waals surface area contributed by atoms with Crippen molar-refractivity contribution in [1.29, 1.82) is 0 Å². The number of phenols is 1. The third-order valence-electron chi connectivity index (χ3n) is 2.18. The van der Waals surface area contributed by atoms with E-state index < -0.39 is 4.92 Å². The van der Waals surface area contributed by atoms with Crippen molar-refractivity contribution in [2.75, 3.05) is 0 Å². The molecule has 0 radical (unpaired) electrons. The van der Waals surface area contributed by atoms with E-state index in [0.29, 0.717) is 5.56 Å². The van der Waals surface area contributed by atoms with Crippen LogP contribution in [0.5, 0.6) is 5.75 Å². The van der Waals surface area contributed by atoms with Crippen LogP contribution < -0.4 is 0 Å². The Morgan fingerprint density at radius 2 is 1.89 bits per heavy atom. The van der Waals surface area contributed by atoms with Crippen LogP contribution in [0.4, 0.5) is 5.88 Å². The minimum absolute atomic E-state index is 0.0927. The van der Waals surface area contributed by atoms with Gasteiger partial charge in [0.2, 0.25) is 0 Å². The van der Waals surface area contributed by atoms with Gasteiger partial charge in [-0.1, -0.05) is 12.1 Å². The van der Waals surface area contributed by atoms with Gasteiger partial charge in [-0.3, -0.25) is 10.1 Å². The van der Waals surface area contributed by atoms with Crippen LogP contribution in [0, 0.1) is 10.1 Å². The molecule has 2 rings (SSSR count). The molecule has 96 valence electrons. The molecule has 1 aromatic heterocycles. The molecule has 7 nitrogen and oxygen atoms in total. The van der Waals surface area contributed by atoms with Crippen molar-refractivity contribution < 1.29 is 14.4 Å². The Kier molecular flexibility index (Phi) is 3.67. The Hall–Kier alpha value is -2.96. The third-order valence-corrected chi connectivity index (χ3v) is 2.18. The minimum atomic E-state index is -0.636. The van der Waals surface area contributed by atoms with Crippen LogP contribution in [0.15, 0.2) is 51.0 Å². The summed E-state index contributed by atoms with van der Waals surface area (Å²) in [7, 11) is 0. The molecule has 19 heavy (non-hydrogen) atoms. The van der Waals surface area contributed by atoms with Gasteiger partial charge in [0.25, 0.3) is 0 Å². The largest absolute Gasteiger partial charge is 0.507 e. The summed E-state index contributed by atoms with van der Waals surface area (Å²) >= 11 is 0. The van der Waals surface area contributed by atoms with Crippen molar-refractivity contribution >= 4 is 18.3 Å². The molecule has 1 heterocycles.